The van der Waals surface area contributed by atoms with Gasteiger partial charge in [-0.05, 0) is 18.7 Å². The lowest BCUT2D eigenvalue weighted by Gasteiger charge is -2.31. The predicted octanol–water partition coefficient (Wildman–Crippen LogP) is 1.37. The molecule has 2 aromatic rings. The summed E-state index contributed by atoms with van der Waals surface area (Å²) in [6.45, 7) is 3.74. The number of halogens is 1. The highest BCUT2D eigenvalue weighted by molar-refractivity contribution is 6.31. The molecular formula is C15H18ClN5O. The Hall–Kier alpha value is -1.92. The van der Waals surface area contributed by atoms with Crippen molar-refractivity contribution in [1.29, 1.82) is 0 Å². The van der Waals surface area contributed by atoms with Crippen LogP contribution in [0, 0.1) is 0 Å². The Bertz CT molecular complexity index is 663. The molecule has 0 atom stereocenters. The molecule has 0 aliphatic carbocycles. The van der Waals surface area contributed by atoms with Gasteiger partial charge in [-0.25, -0.2) is 4.68 Å². The van der Waals surface area contributed by atoms with Crippen LogP contribution in [-0.4, -0.2) is 63.9 Å². The Morgan fingerprint density at radius 1 is 1.23 bits per heavy atom. The molecule has 1 aromatic heterocycles. The fraction of sp³-hybridized carbons (Fsp3) is 0.400. The number of amides is 1. The van der Waals surface area contributed by atoms with Gasteiger partial charge in [-0.1, -0.05) is 35.0 Å². The molecule has 1 aliphatic heterocycles. The van der Waals surface area contributed by atoms with E-state index in [2.05, 4.69) is 22.3 Å². The fourth-order valence-corrected chi connectivity index (χ4v) is 2.64. The van der Waals surface area contributed by atoms with E-state index in [1.165, 1.54) is 0 Å². The van der Waals surface area contributed by atoms with Gasteiger partial charge in [0.25, 0.3) is 5.91 Å². The van der Waals surface area contributed by atoms with Gasteiger partial charge in [0.2, 0.25) is 0 Å². The van der Waals surface area contributed by atoms with Gasteiger partial charge < -0.3 is 9.80 Å². The van der Waals surface area contributed by atoms with E-state index in [1.807, 2.05) is 29.2 Å². The van der Waals surface area contributed by atoms with E-state index in [0.29, 0.717) is 17.3 Å². The van der Waals surface area contributed by atoms with E-state index in [1.54, 1.807) is 10.9 Å². The molecule has 1 saturated heterocycles. The van der Waals surface area contributed by atoms with Crippen LogP contribution < -0.4 is 0 Å². The molecule has 1 aromatic carbocycles. The Labute approximate surface area is 134 Å². The number of carbonyl (C=O) groups is 1. The van der Waals surface area contributed by atoms with E-state index >= 15 is 0 Å². The number of piperazine rings is 1. The summed E-state index contributed by atoms with van der Waals surface area (Å²) in [6, 6.07) is 7.58. The Morgan fingerprint density at radius 2 is 1.95 bits per heavy atom. The maximum absolute atomic E-state index is 12.4. The third-order valence-corrected chi connectivity index (χ3v) is 4.21. The number of hydrogen-bond donors (Lipinski definition) is 0. The van der Waals surface area contributed by atoms with Crippen molar-refractivity contribution in [2.45, 2.75) is 6.54 Å². The number of hydrogen-bond acceptors (Lipinski definition) is 4. The maximum atomic E-state index is 12.4. The van der Waals surface area contributed by atoms with Crippen molar-refractivity contribution in [3.8, 4) is 0 Å². The lowest BCUT2D eigenvalue weighted by atomic mass is 10.2. The largest absolute Gasteiger partial charge is 0.335 e. The van der Waals surface area contributed by atoms with Crippen LogP contribution in [0.3, 0.4) is 0 Å². The van der Waals surface area contributed by atoms with Gasteiger partial charge in [-0.3, -0.25) is 4.79 Å². The standard InChI is InChI=1S/C15H18ClN5O/c1-19-6-8-20(9-7-19)15(22)14-11-21(18-17-14)10-12-4-2-3-5-13(12)16/h2-5,11H,6-10H2,1H3. The van der Waals surface area contributed by atoms with Crippen LogP contribution in [0.1, 0.15) is 16.1 Å². The first-order valence-corrected chi connectivity index (χ1v) is 7.62. The van der Waals surface area contributed by atoms with Crippen molar-refractivity contribution in [1.82, 2.24) is 24.8 Å². The summed E-state index contributed by atoms with van der Waals surface area (Å²) >= 11 is 6.14. The van der Waals surface area contributed by atoms with Crippen LogP contribution in [0.25, 0.3) is 0 Å². The van der Waals surface area contributed by atoms with Crippen molar-refractivity contribution >= 4 is 17.5 Å². The van der Waals surface area contributed by atoms with Gasteiger partial charge in [0.1, 0.15) is 0 Å². The molecule has 3 rings (SSSR count). The first-order valence-electron chi connectivity index (χ1n) is 7.25. The van der Waals surface area contributed by atoms with Crippen LogP contribution >= 0.6 is 11.6 Å². The second-order valence-corrected chi connectivity index (χ2v) is 5.90. The topological polar surface area (TPSA) is 54.3 Å². The van der Waals surface area contributed by atoms with Crippen molar-refractivity contribution in [3.05, 3.63) is 46.7 Å². The molecule has 0 radical (unpaired) electrons. The Balaban J connectivity index is 1.68. The molecule has 0 bridgehead atoms. The van der Waals surface area contributed by atoms with E-state index in [-0.39, 0.29) is 5.91 Å². The number of benzene rings is 1. The second kappa shape index (κ2) is 6.46. The zero-order valence-corrected chi connectivity index (χ0v) is 13.2. The molecule has 0 spiro atoms. The van der Waals surface area contributed by atoms with E-state index in [4.69, 9.17) is 11.6 Å². The first kappa shape index (κ1) is 15.0. The van der Waals surface area contributed by atoms with Gasteiger partial charge in [-0.2, -0.15) is 0 Å². The summed E-state index contributed by atoms with van der Waals surface area (Å²) in [4.78, 5) is 16.4. The predicted molar refractivity (Wildman–Crippen MR) is 84.0 cm³/mol. The minimum absolute atomic E-state index is 0.0569. The molecule has 7 heteroatoms. The average molecular weight is 320 g/mol. The molecule has 0 unspecified atom stereocenters. The molecule has 0 N–H and O–H groups in total. The third kappa shape index (κ3) is 3.28. The van der Waals surface area contributed by atoms with E-state index < -0.39 is 0 Å². The van der Waals surface area contributed by atoms with Gasteiger partial charge in [0.05, 0.1) is 12.7 Å². The molecule has 6 nitrogen and oxygen atoms in total. The maximum Gasteiger partial charge on any atom is 0.276 e. The number of likely N-dealkylation sites (N-methyl/N-ethyl adjacent to an activating group) is 1. The normalized spacial score (nSPS) is 16.0. The Kier molecular flexibility index (Phi) is 4.40. The molecule has 1 fully saturated rings. The molecule has 116 valence electrons. The number of rotatable bonds is 3. The number of aromatic nitrogens is 3. The second-order valence-electron chi connectivity index (χ2n) is 5.49. The van der Waals surface area contributed by atoms with Gasteiger partial charge in [0.15, 0.2) is 5.69 Å². The molecule has 2 heterocycles. The van der Waals surface area contributed by atoms with E-state index in [9.17, 15) is 4.79 Å². The summed E-state index contributed by atoms with van der Waals surface area (Å²) in [7, 11) is 2.06. The van der Waals surface area contributed by atoms with Crippen LogP contribution in [0.4, 0.5) is 0 Å². The zero-order valence-electron chi connectivity index (χ0n) is 12.4. The van der Waals surface area contributed by atoms with Gasteiger partial charge in [-0.15, -0.1) is 5.10 Å². The molecule has 1 amide bonds. The minimum atomic E-state index is -0.0569. The summed E-state index contributed by atoms with van der Waals surface area (Å²) in [5, 5.41) is 8.72. The van der Waals surface area contributed by atoms with Crippen LogP contribution in [0.2, 0.25) is 5.02 Å². The first-order chi connectivity index (χ1) is 10.6. The zero-order chi connectivity index (χ0) is 15.5. The minimum Gasteiger partial charge on any atom is -0.335 e. The molecule has 1 aliphatic rings. The highest BCUT2D eigenvalue weighted by Gasteiger charge is 2.22. The summed E-state index contributed by atoms with van der Waals surface area (Å²) < 4.78 is 1.64. The van der Waals surface area contributed by atoms with Crippen LogP contribution in [-0.2, 0) is 6.54 Å². The van der Waals surface area contributed by atoms with Crippen molar-refractivity contribution in [3.63, 3.8) is 0 Å². The lowest BCUT2D eigenvalue weighted by molar-refractivity contribution is 0.0658. The average Bonchev–Trinajstić information content (AvgIpc) is 2.98. The van der Waals surface area contributed by atoms with Crippen molar-refractivity contribution < 1.29 is 4.79 Å². The quantitative estimate of drug-likeness (QED) is 0.857. The fourth-order valence-electron chi connectivity index (χ4n) is 2.45. The molecule has 0 saturated carbocycles. The van der Waals surface area contributed by atoms with Crippen molar-refractivity contribution in [2.75, 3.05) is 33.2 Å². The van der Waals surface area contributed by atoms with Crippen LogP contribution in [0.15, 0.2) is 30.5 Å². The number of nitrogens with zero attached hydrogens (tertiary/aromatic N) is 5. The number of carbonyl (C=O) groups excluding carboxylic acids is 1. The van der Waals surface area contributed by atoms with Crippen molar-refractivity contribution in [2.24, 2.45) is 0 Å². The SMILES string of the molecule is CN1CCN(C(=O)c2cn(Cc3ccccc3Cl)nn2)CC1. The summed E-state index contributed by atoms with van der Waals surface area (Å²) in [6.07, 6.45) is 1.68. The highest BCUT2D eigenvalue weighted by atomic mass is 35.5. The Morgan fingerprint density at radius 3 is 2.68 bits per heavy atom. The highest BCUT2D eigenvalue weighted by Crippen LogP contribution is 2.16. The smallest absolute Gasteiger partial charge is 0.276 e. The van der Waals surface area contributed by atoms with E-state index in [0.717, 1.165) is 31.7 Å². The monoisotopic (exact) mass is 319 g/mol. The van der Waals surface area contributed by atoms with Crippen LogP contribution in [0.5, 0.6) is 0 Å². The van der Waals surface area contributed by atoms with Gasteiger partial charge >= 0.3 is 0 Å². The third-order valence-electron chi connectivity index (χ3n) is 3.84. The molecular weight excluding hydrogens is 302 g/mol. The molecule has 22 heavy (non-hydrogen) atoms. The summed E-state index contributed by atoms with van der Waals surface area (Å²) in [5.41, 5.74) is 1.34. The van der Waals surface area contributed by atoms with Gasteiger partial charge in [0, 0.05) is 31.2 Å². The lowest BCUT2D eigenvalue weighted by Crippen LogP contribution is -2.47. The summed E-state index contributed by atoms with van der Waals surface area (Å²) in [5.74, 6) is -0.0569.